The fourth-order valence-electron chi connectivity index (χ4n) is 3.76. The standard InChI is InChI=1S/C22H20N2O3/c1-14-7-12-21(26-14)18-13-19-17-5-3-4-6-20(17)27-22(24(19)23-18)15-8-10-16(25-2)11-9-15/h3-12,19,22H,13H2,1-2H3/t19-,22-/m0/s1. The lowest BCUT2D eigenvalue weighted by Gasteiger charge is -2.38. The minimum atomic E-state index is -0.288. The van der Waals surface area contributed by atoms with Crippen LogP contribution in [0.3, 0.4) is 0 Å². The molecule has 0 amide bonds. The summed E-state index contributed by atoms with van der Waals surface area (Å²) in [7, 11) is 1.67. The van der Waals surface area contributed by atoms with E-state index in [1.807, 2.05) is 61.5 Å². The second-order valence-electron chi connectivity index (χ2n) is 6.84. The Bertz CT molecular complexity index is 1010. The van der Waals surface area contributed by atoms with Gasteiger partial charge in [-0.25, -0.2) is 5.01 Å². The van der Waals surface area contributed by atoms with Crippen molar-refractivity contribution >= 4 is 5.71 Å². The van der Waals surface area contributed by atoms with Crippen LogP contribution in [0.1, 0.15) is 41.3 Å². The molecule has 5 nitrogen and oxygen atoms in total. The molecule has 27 heavy (non-hydrogen) atoms. The summed E-state index contributed by atoms with van der Waals surface area (Å²) in [6.07, 6.45) is 0.504. The number of hydrogen-bond acceptors (Lipinski definition) is 5. The first-order valence-corrected chi connectivity index (χ1v) is 9.05. The molecule has 136 valence electrons. The lowest BCUT2D eigenvalue weighted by Crippen LogP contribution is -2.33. The molecule has 0 saturated heterocycles. The van der Waals surface area contributed by atoms with E-state index in [-0.39, 0.29) is 12.3 Å². The molecule has 2 aliphatic rings. The molecule has 0 unspecified atom stereocenters. The van der Waals surface area contributed by atoms with Crippen LogP contribution in [0.4, 0.5) is 0 Å². The summed E-state index contributed by atoms with van der Waals surface area (Å²) in [6, 6.07) is 20.2. The van der Waals surface area contributed by atoms with Gasteiger partial charge in [0.2, 0.25) is 6.23 Å². The van der Waals surface area contributed by atoms with Gasteiger partial charge < -0.3 is 13.9 Å². The number of ether oxygens (including phenoxy) is 2. The number of hydrazone groups is 1. The molecule has 5 rings (SSSR count). The second kappa shape index (κ2) is 6.20. The van der Waals surface area contributed by atoms with Gasteiger partial charge in [-0.05, 0) is 49.4 Å². The number of aryl methyl sites for hydroxylation is 1. The number of fused-ring (bicyclic) bond motifs is 3. The fraction of sp³-hybridized carbons (Fsp3) is 0.227. The van der Waals surface area contributed by atoms with Crippen molar-refractivity contribution in [3.63, 3.8) is 0 Å². The number of furan rings is 1. The number of para-hydroxylation sites is 1. The van der Waals surface area contributed by atoms with E-state index < -0.39 is 0 Å². The molecule has 0 radical (unpaired) electrons. The summed E-state index contributed by atoms with van der Waals surface area (Å²) in [5.74, 6) is 3.45. The van der Waals surface area contributed by atoms with Crippen molar-refractivity contribution in [1.82, 2.24) is 5.01 Å². The summed E-state index contributed by atoms with van der Waals surface area (Å²) in [6.45, 7) is 1.95. The topological polar surface area (TPSA) is 47.2 Å². The normalized spacial score (nSPS) is 20.5. The van der Waals surface area contributed by atoms with E-state index in [1.54, 1.807) is 7.11 Å². The summed E-state index contributed by atoms with van der Waals surface area (Å²) in [4.78, 5) is 0. The first-order chi connectivity index (χ1) is 13.2. The van der Waals surface area contributed by atoms with E-state index >= 15 is 0 Å². The molecule has 0 N–H and O–H groups in total. The first-order valence-electron chi connectivity index (χ1n) is 9.05. The van der Waals surface area contributed by atoms with Gasteiger partial charge in [-0.2, -0.15) is 5.10 Å². The highest BCUT2D eigenvalue weighted by Gasteiger charge is 2.41. The quantitative estimate of drug-likeness (QED) is 0.671. The smallest absolute Gasteiger partial charge is 0.213 e. The third-order valence-electron chi connectivity index (χ3n) is 5.12. The average molecular weight is 360 g/mol. The maximum absolute atomic E-state index is 6.34. The van der Waals surface area contributed by atoms with Gasteiger partial charge in [-0.3, -0.25) is 0 Å². The van der Waals surface area contributed by atoms with Gasteiger partial charge in [0.05, 0.1) is 13.2 Å². The highest BCUT2D eigenvalue weighted by Crippen LogP contribution is 2.47. The fourth-order valence-corrected chi connectivity index (χ4v) is 3.76. The third-order valence-corrected chi connectivity index (χ3v) is 5.12. The Morgan fingerprint density at radius 2 is 1.85 bits per heavy atom. The van der Waals surface area contributed by atoms with Crippen LogP contribution < -0.4 is 9.47 Å². The molecule has 5 heteroatoms. The van der Waals surface area contributed by atoms with E-state index in [1.165, 1.54) is 0 Å². The van der Waals surface area contributed by atoms with Crippen molar-refractivity contribution in [1.29, 1.82) is 0 Å². The Morgan fingerprint density at radius 3 is 2.59 bits per heavy atom. The van der Waals surface area contributed by atoms with Crippen molar-refractivity contribution in [2.45, 2.75) is 25.6 Å². The molecule has 0 bridgehead atoms. The molecule has 3 heterocycles. The molecular formula is C22H20N2O3. The van der Waals surface area contributed by atoms with Crippen LogP contribution >= 0.6 is 0 Å². The van der Waals surface area contributed by atoms with Crippen LogP contribution in [0.25, 0.3) is 0 Å². The average Bonchev–Trinajstić information content (AvgIpc) is 3.34. The number of hydrogen-bond donors (Lipinski definition) is 0. The Hall–Kier alpha value is -3.21. The van der Waals surface area contributed by atoms with Crippen LogP contribution in [0.5, 0.6) is 11.5 Å². The van der Waals surface area contributed by atoms with Crippen molar-refractivity contribution in [3.8, 4) is 11.5 Å². The van der Waals surface area contributed by atoms with Gasteiger partial charge in [0, 0.05) is 17.5 Å². The van der Waals surface area contributed by atoms with E-state index in [9.17, 15) is 0 Å². The molecule has 0 aliphatic carbocycles. The van der Waals surface area contributed by atoms with Crippen LogP contribution in [0.15, 0.2) is 70.2 Å². The molecular weight excluding hydrogens is 340 g/mol. The van der Waals surface area contributed by atoms with Crippen molar-refractivity contribution in [2.75, 3.05) is 7.11 Å². The molecule has 0 spiro atoms. The summed E-state index contributed by atoms with van der Waals surface area (Å²) in [5.41, 5.74) is 3.15. The summed E-state index contributed by atoms with van der Waals surface area (Å²) < 4.78 is 17.4. The predicted molar refractivity (Wildman–Crippen MR) is 102 cm³/mol. The molecule has 2 atom stereocenters. The van der Waals surface area contributed by atoms with Gasteiger partial charge in [-0.1, -0.05) is 18.2 Å². The van der Waals surface area contributed by atoms with Gasteiger partial charge in [0.1, 0.15) is 28.7 Å². The number of methoxy groups -OCH3 is 1. The van der Waals surface area contributed by atoms with Crippen LogP contribution in [0.2, 0.25) is 0 Å². The van der Waals surface area contributed by atoms with E-state index in [2.05, 4.69) is 11.1 Å². The molecule has 0 saturated carbocycles. The highest BCUT2D eigenvalue weighted by molar-refractivity contribution is 5.99. The van der Waals surface area contributed by atoms with E-state index in [4.69, 9.17) is 19.0 Å². The van der Waals surface area contributed by atoms with E-state index in [0.29, 0.717) is 0 Å². The monoisotopic (exact) mass is 360 g/mol. The minimum Gasteiger partial charge on any atom is -0.497 e. The zero-order chi connectivity index (χ0) is 18.4. The maximum atomic E-state index is 6.34. The number of rotatable bonds is 3. The zero-order valence-corrected chi connectivity index (χ0v) is 15.3. The molecule has 1 aromatic heterocycles. The Balaban J connectivity index is 1.57. The van der Waals surface area contributed by atoms with Gasteiger partial charge in [0.15, 0.2) is 0 Å². The van der Waals surface area contributed by atoms with Gasteiger partial charge >= 0.3 is 0 Å². The van der Waals surface area contributed by atoms with Gasteiger partial charge in [0.25, 0.3) is 0 Å². The Kier molecular flexibility index (Phi) is 3.67. The third kappa shape index (κ3) is 2.67. The SMILES string of the molecule is COc1ccc([C@@H]2Oc3ccccc3[C@@H]3CC(c4ccc(C)o4)=NN32)cc1. The van der Waals surface area contributed by atoms with Crippen molar-refractivity contribution in [2.24, 2.45) is 5.10 Å². The molecule has 2 aliphatic heterocycles. The number of benzene rings is 2. The predicted octanol–water partition coefficient (Wildman–Crippen LogP) is 4.84. The lowest BCUT2D eigenvalue weighted by atomic mass is 9.97. The Morgan fingerprint density at radius 1 is 1.04 bits per heavy atom. The van der Waals surface area contributed by atoms with Crippen molar-refractivity contribution in [3.05, 3.63) is 83.3 Å². The second-order valence-corrected chi connectivity index (χ2v) is 6.84. The molecule has 3 aromatic rings. The van der Waals surface area contributed by atoms with E-state index in [0.717, 1.165) is 46.3 Å². The summed E-state index contributed by atoms with van der Waals surface area (Å²) >= 11 is 0. The Labute approximate surface area is 157 Å². The van der Waals surface area contributed by atoms with Crippen LogP contribution in [0, 0.1) is 6.92 Å². The number of nitrogens with zero attached hydrogens (tertiary/aromatic N) is 2. The van der Waals surface area contributed by atoms with Crippen LogP contribution in [-0.2, 0) is 0 Å². The first kappa shape index (κ1) is 16.0. The summed E-state index contributed by atoms with van der Waals surface area (Å²) in [5, 5.41) is 6.95. The minimum absolute atomic E-state index is 0.127. The van der Waals surface area contributed by atoms with Crippen LogP contribution in [-0.4, -0.2) is 17.8 Å². The van der Waals surface area contributed by atoms with Crippen molar-refractivity contribution < 1.29 is 13.9 Å². The molecule has 0 fully saturated rings. The lowest BCUT2D eigenvalue weighted by molar-refractivity contribution is -0.0190. The molecule has 2 aromatic carbocycles. The van der Waals surface area contributed by atoms with Gasteiger partial charge in [-0.15, -0.1) is 0 Å². The zero-order valence-electron chi connectivity index (χ0n) is 15.3. The largest absolute Gasteiger partial charge is 0.497 e. The maximum Gasteiger partial charge on any atom is 0.213 e. The highest BCUT2D eigenvalue weighted by atomic mass is 16.5.